The van der Waals surface area contributed by atoms with Crippen LogP contribution in [0.4, 0.5) is 0 Å². The van der Waals surface area contributed by atoms with Crippen molar-refractivity contribution in [3.63, 3.8) is 0 Å². The summed E-state index contributed by atoms with van der Waals surface area (Å²) in [7, 11) is 0. The Balaban J connectivity index is 2.97. The zero-order chi connectivity index (χ0) is 12.2. The second-order valence-corrected chi connectivity index (χ2v) is 5.85. The zero-order valence-corrected chi connectivity index (χ0v) is 13.5. The Bertz CT molecular complexity index is 332. The van der Waals surface area contributed by atoms with E-state index in [9.17, 15) is 0 Å². The van der Waals surface area contributed by atoms with E-state index in [0.717, 1.165) is 17.1 Å². The minimum Gasteiger partial charge on any atom is -0.0922 e. The quantitative estimate of drug-likeness (QED) is 0.655. The predicted octanol–water partition coefficient (Wildman–Crippen LogP) is 5.03. The fraction of sp³-hybridized carbons (Fsp3) is 0.571. The molecule has 0 saturated carbocycles. The van der Waals surface area contributed by atoms with Gasteiger partial charge in [-0.2, -0.15) is 0 Å². The van der Waals surface area contributed by atoms with Crippen LogP contribution >= 0.6 is 31.9 Å². The van der Waals surface area contributed by atoms with Gasteiger partial charge in [-0.15, -0.1) is 0 Å². The van der Waals surface area contributed by atoms with E-state index in [0.29, 0.717) is 5.41 Å². The van der Waals surface area contributed by atoms with Crippen molar-refractivity contribution in [2.75, 3.05) is 10.7 Å². The molecule has 1 aromatic rings. The summed E-state index contributed by atoms with van der Waals surface area (Å²) in [6.07, 6.45) is 2.34. The zero-order valence-electron chi connectivity index (χ0n) is 10.3. The number of aryl methyl sites for hydroxylation is 2. The first-order valence-corrected chi connectivity index (χ1v) is 7.99. The average molecular weight is 348 g/mol. The number of hydrogen-bond acceptors (Lipinski definition) is 0. The van der Waals surface area contributed by atoms with Crippen LogP contribution in [0.15, 0.2) is 18.2 Å². The van der Waals surface area contributed by atoms with Gasteiger partial charge in [-0.05, 0) is 43.2 Å². The van der Waals surface area contributed by atoms with Crippen LogP contribution in [0.5, 0.6) is 0 Å². The summed E-state index contributed by atoms with van der Waals surface area (Å²) in [5.74, 6) is 0. The van der Waals surface area contributed by atoms with Gasteiger partial charge in [0, 0.05) is 10.7 Å². The first kappa shape index (κ1) is 14.2. The molecule has 1 rings (SSSR count). The molecule has 0 bridgehead atoms. The van der Waals surface area contributed by atoms with Crippen molar-refractivity contribution >= 4 is 31.9 Å². The predicted molar refractivity (Wildman–Crippen MR) is 79.9 cm³/mol. The standard InChI is InChI=1S/C14H20Br2/c1-4-14(9-15,10-16)8-13-7-11(2)5-6-12(13)3/h5-7H,4,8-10H2,1-3H3. The minimum atomic E-state index is 0.346. The van der Waals surface area contributed by atoms with Crippen LogP contribution in [-0.4, -0.2) is 10.7 Å². The summed E-state index contributed by atoms with van der Waals surface area (Å²) in [5, 5.41) is 2.10. The van der Waals surface area contributed by atoms with Gasteiger partial charge in [-0.25, -0.2) is 0 Å². The van der Waals surface area contributed by atoms with E-state index < -0.39 is 0 Å². The maximum atomic E-state index is 3.66. The second kappa shape index (κ2) is 6.20. The molecule has 90 valence electrons. The third-order valence-electron chi connectivity index (χ3n) is 3.39. The Morgan fingerprint density at radius 3 is 2.25 bits per heavy atom. The van der Waals surface area contributed by atoms with Crippen LogP contribution in [0.3, 0.4) is 0 Å². The molecule has 0 radical (unpaired) electrons. The number of benzene rings is 1. The molecule has 0 N–H and O–H groups in total. The Hall–Kier alpha value is 0.180. The molecule has 2 heteroatoms. The molecule has 0 fully saturated rings. The van der Waals surface area contributed by atoms with Crippen LogP contribution in [0.1, 0.15) is 30.0 Å². The molecular formula is C14H20Br2. The van der Waals surface area contributed by atoms with Gasteiger partial charge in [0.15, 0.2) is 0 Å². The number of halogens is 2. The molecule has 16 heavy (non-hydrogen) atoms. The maximum Gasteiger partial charge on any atom is 0.00990 e. The highest BCUT2D eigenvalue weighted by molar-refractivity contribution is 9.09. The smallest absolute Gasteiger partial charge is 0.00990 e. The van der Waals surface area contributed by atoms with Gasteiger partial charge in [0.05, 0.1) is 0 Å². The van der Waals surface area contributed by atoms with Gasteiger partial charge in [0.1, 0.15) is 0 Å². The van der Waals surface area contributed by atoms with Gasteiger partial charge in [0.2, 0.25) is 0 Å². The Morgan fingerprint density at radius 1 is 1.12 bits per heavy atom. The summed E-state index contributed by atoms with van der Waals surface area (Å²) in [4.78, 5) is 0. The molecule has 0 nitrogen and oxygen atoms in total. The fourth-order valence-electron chi connectivity index (χ4n) is 1.84. The number of rotatable bonds is 5. The summed E-state index contributed by atoms with van der Waals surface area (Å²) in [5.41, 5.74) is 4.60. The van der Waals surface area contributed by atoms with Crippen LogP contribution < -0.4 is 0 Å². The molecule has 0 saturated heterocycles. The van der Waals surface area contributed by atoms with Gasteiger partial charge in [-0.3, -0.25) is 0 Å². The van der Waals surface area contributed by atoms with E-state index in [2.05, 4.69) is 70.8 Å². The number of hydrogen-bond donors (Lipinski definition) is 0. The molecule has 0 amide bonds. The molecule has 0 atom stereocenters. The summed E-state index contributed by atoms with van der Waals surface area (Å²) >= 11 is 7.33. The van der Waals surface area contributed by atoms with Gasteiger partial charge >= 0.3 is 0 Å². The lowest BCUT2D eigenvalue weighted by atomic mass is 9.82. The monoisotopic (exact) mass is 346 g/mol. The van der Waals surface area contributed by atoms with Crippen molar-refractivity contribution in [3.05, 3.63) is 34.9 Å². The van der Waals surface area contributed by atoms with Crippen molar-refractivity contribution in [2.45, 2.75) is 33.6 Å². The summed E-state index contributed by atoms with van der Waals surface area (Å²) in [6.45, 7) is 6.64. The first-order chi connectivity index (χ1) is 7.56. The number of alkyl halides is 2. The lowest BCUT2D eigenvalue weighted by molar-refractivity contribution is 0.373. The lowest BCUT2D eigenvalue weighted by Crippen LogP contribution is -2.27. The van der Waals surface area contributed by atoms with E-state index in [4.69, 9.17) is 0 Å². The van der Waals surface area contributed by atoms with Gasteiger partial charge in [-0.1, -0.05) is 62.5 Å². The highest BCUT2D eigenvalue weighted by Crippen LogP contribution is 2.32. The second-order valence-electron chi connectivity index (χ2n) is 4.73. The maximum absolute atomic E-state index is 3.66. The molecule has 0 heterocycles. The van der Waals surface area contributed by atoms with Crippen molar-refractivity contribution in [1.29, 1.82) is 0 Å². The highest BCUT2D eigenvalue weighted by atomic mass is 79.9. The summed E-state index contributed by atoms with van der Waals surface area (Å²) in [6, 6.07) is 6.74. The first-order valence-electron chi connectivity index (χ1n) is 5.75. The molecular weight excluding hydrogens is 328 g/mol. The third kappa shape index (κ3) is 3.33. The average Bonchev–Trinajstić information content (AvgIpc) is 2.31. The van der Waals surface area contributed by atoms with Crippen LogP contribution in [-0.2, 0) is 6.42 Å². The molecule has 0 spiro atoms. The molecule has 0 unspecified atom stereocenters. The molecule has 0 aliphatic carbocycles. The van der Waals surface area contributed by atoms with E-state index in [1.54, 1.807) is 0 Å². The molecule has 0 aliphatic rings. The largest absolute Gasteiger partial charge is 0.0922 e. The van der Waals surface area contributed by atoms with Crippen molar-refractivity contribution in [3.8, 4) is 0 Å². The normalized spacial score (nSPS) is 11.8. The van der Waals surface area contributed by atoms with Gasteiger partial charge in [0.25, 0.3) is 0 Å². The SMILES string of the molecule is CCC(CBr)(CBr)Cc1cc(C)ccc1C. The minimum absolute atomic E-state index is 0.346. The van der Waals surface area contributed by atoms with Crippen LogP contribution in [0.2, 0.25) is 0 Å². The Morgan fingerprint density at radius 2 is 1.75 bits per heavy atom. The Kier molecular flexibility index (Phi) is 5.52. The van der Waals surface area contributed by atoms with Crippen molar-refractivity contribution in [1.82, 2.24) is 0 Å². The molecule has 0 aliphatic heterocycles. The van der Waals surface area contributed by atoms with E-state index in [-0.39, 0.29) is 0 Å². The molecule has 0 aromatic heterocycles. The topological polar surface area (TPSA) is 0 Å². The van der Waals surface area contributed by atoms with E-state index in [1.165, 1.54) is 23.1 Å². The van der Waals surface area contributed by atoms with Crippen LogP contribution in [0, 0.1) is 19.3 Å². The fourth-order valence-corrected chi connectivity index (χ4v) is 3.96. The molecule has 1 aromatic carbocycles. The lowest BCUT2D eigenvalue weighted by Gasteiger charge is -2.29. The van der Waals surface area contributed by atoms with Crippen molar-refractivity contribution < 1.29 is 0 Å². The van der Waals surface area contributed by atoms with Crippen molar-refractivity contribution in [2.24, 2.45) is 5.41 Å². The van der Waals surface area contributed by atoms with E-state index in [1.807, 2.05) is 0 Å². The highest BCUT2D eigenvalue weighted by Gasteiger charge is 2.26. The van der Waals surface area contributed by atoms with Crippen LogP contribution in [0.25, 0.3) is 0 Å². The third-order valence-corrected chi connectivity index (χ3v) is 5.77. The van der Waals surface area contributed by atoms with Gasteiger partial charge < -0.3 is 0 Å². The summed E-state index contributed by atoms with van der Waals surface area (Å²) < 4.78 is 0. The van der Waals surface area contributed by atoms with E-state index >= 15 is 0 Å². The Labute approximate surface area is 116 Å².